The first kappa shape index (κ1) is 12.5. The summed E-state index contributed by atoms with van der Waals surface area (Å²) in [4.78, 5) is 11.7. The Kier molecular flexibility index (Phi) is 5.65. The van der Waals surface area contributed by atoms with Crippen molar-refractivity contribution in [3.05, 3.63) is 0 Å². The van der Waals surface area contributed by atoms with Gasteiger partial charge >= 0.3 is 0 Å². The van der Waals surface area contributed by atoms with Gasteiger partial charge in [-0.2, -0.15) is 0 Å². The van der Waals surface area contributed by atoms with Crippen molar-refractivity contribution in [3.8, 4) is 0 Å². The van der Waals surface area contributed by atoms with Crippen molar-refractivity contribution >= 4 is 5.91 Å². The Morgan fingerprint density at radius 1 is 1.33 bits per heavy atom. The highest BCUT2D eigenvalue weighted by atomic mass is 16.1. The number of rotatable bonds is 6. The largest absolute Gasteiger partial charge is 0.355 e. The van der Waals surface area contributed by atoms with E-state index in [9.17, 15) is 4.79 Å². The fourth-order valence-corrected chi connectivity index (χ4v) is 2.02. The van der Waals surface area contributed by atoms with Crippen LogP contribution in [-0.4, -0.2) is 31.6 Å². The molecule has 0 radical (unpaired) electrons. The Labute approximate surface area is 92.0 Å². The molecule has 4 N–H and O–H groups in total. The topological polar surface area (TPSA) is 67.1 Å². The van der Waals surface area contributed by atoms with Gasteiger partial charge in [-0.3, -0.25) is 4.79 Å². The molecule has 0 aromatic rings. The number of hydrogen-bond acceptors (Lipinski definition) is 3. The van der Waals surface area contributed by atoms with E-state index in [2.05, 4.69) is 17.6 Å². The van der Waals surface area contributed by atoms with E-state index in [0.29, 0.717) is 6.54 Å². The number of carbonyl (C=O) groups is 1. The lowest BCUT2D eigenvalue weighted by atomic mass is 10.0. The van der Waals surface area contributed by atoms with Gasteiger partial charge in [0.25, 0.3) is 0 Å². The Hall–Kier alpha value is -0.610. The summed E-state index contributed by atoms with van der Waals surface area (Å²) in [5.74, 6) is 0.189. The lowest BCUT2D eigenvalue weighted by molar-refractivity contribution is -0.125. The molecule has 1 aliphatic rings. The van der Waals surface area contributed by atoms with Crippen molar-refractivity contribution in [1.82, 2.24) is 10.6 Å². The Morgan fingerprint density at radius 3 is 2.73 bits per heavy atom. The summed E-state index contributed by atoms with van der Waals surface area (Å²) < 4.78 is 0. The number of nitrogens with two attached hydrogens (primary N) is 1. The van der Waals surface area contributed by atoms with Crippen LogP contribution >= 0.6 is 0 Å². The maximum Gasteiger partial charge on any atom is 0.224 e. The highest BCUT2D eigenvalue weighted by Gasteiger charge is 2.29. The van der Waals surface area contributed by atoms with Crippen molar-refractivity contribution in [2.24, 2.45) is 11.7 Å². The third-order valence-corrected chi connectivity index (χ3v) is 2.93. The average Bonchev–Trinajstić information content (AvgIpc) is 2.64. The van der Waals surface area contributed by atoms with Gasteiger partial charge in [0.05, 0.1) is 5.92 Å². The van der Waals surface area contributed by atoms with Crippen LogP contribution in [0.2, 0.25) is 0 Å². The van der Waals surface area contributed by atoms with Gasteiger partial charge in [0, 0.05) is 19.1 Å². The van der Waals surface area contributed by atoms with Gasteiger partial charge in [-0.05, 0) is 25.8 Å². The Morgan fingerprint density at radius 2 is 2.13 bits per heavy atom. The first-order valence-electron chi connectivity index (χ1n) is 5.99. The monoisotopic (exact) mass is 213 g/mol. The van der Waals surface area contributed by atoms with E-state index in [1.807, 2.05) is 0 Å². The molecule has 0 saturated heterocycles. The van der Waals surface area contributed by atoms with Crippen LogP contribution in [0.5, 0.6) is 0 Å². The molecule has 0 aromatic carbocycles. The highest BCUT2D eigenvalue weighted by Crippen LogP contribution is 2.23. The molecule has 1 aliphatic carbocycles. The van der Waals surface area contributed by atoms with Gasteiger partial charge in [-0.1, -0.05) is 13.3 Å². The summed E-state index contributed by atoms with van der Waals surface area (Å²) in [6.07, 6.45) is 4.16. The molecule has 1 fully saturated rings. The predicted octanol–water partition coefficient (Wildman–Crippen LogP) is 0.230. The minimum atomic E-state index is 0.0520. The zero-order chi connectivity index (χ0) is 11.1. The maximum atomic E-state index is 11.7. The maximum absolute atomic E-state index is 11.7. The molecule has 2 atom stereocenters. The lowest BCUT2D eigenvalue weighted by Crippen LogP contribution is -2.41. The van der Waals surface area contributed by atoms with E-state index in [-0.39, 0.29) is 17.9 Å². The van der Waals surface area contributed by atoms with Crippen molar-refractivity contribution in [2.75, 3.05) is 19.6 Å². The van der Waals surface area contributed by atoms with Gasteiger partial charge in [0.2, 0.25) is 5.91 Å². The van der Waals surface area contributed by atoms with Gasteiger partial charge < -0.3 is 16.4 Å². The SMILES string of the molecule is CCCNCCNC(=O)C1CCCC1N. The summed E-state index contributed by atoms with van der Waals surface area (Å²) in [5, 5.41) is 6.18. The first-order chi connectivity index (χ1) is 7.25. The Balaban J connectivity index is 2.08. The second-order valence-corrected chi connectivity index (χ2v) is 4.24. The van der Waals surface area contributed by atoms with E-state index in [1.54, 1.807) is 0 Å². The Bertz CT molecular complexity index is 196. The average molecular weight is 213 g/mol. The van der Waals surface area contributed by atoms with Crippen LogP contribution in [0.3, 0.4) is 0 Å². The number of nitrogens with one attached hydrogen (secondary N) is 2. The van der Waals surface area contributed by atoms with E-state index < -0.39 is 0 Å². The zero-order valence-corrected chi connectivity index (χ0v) is 9.59. The van der Waals surface area contributed by atoms with E-state index in [4.69, 9.17) is 5.73 Å². The quantitative estimate of drug-likeness (QED) is 0.553. The summed E-state index contributed by atoms with van der Waals surface area (Å²) in [6, 6.07) is 0.0774. The van der Waals surface area contributed by atoms with Crippen LogP contribution < -0.4 is 16.4 Å². The summed E-state index contributed by atoms with van der Waals surface area (Å²) in [7, 11) is 0. The van der Waals surface area contributed by atoms with E-state index in [1.165, 1.54) is 0 Å². The van der Waals surface area contributed by atoms with Gasteiger partial charge in [0.15, 0.2) is 0 Å². The van der Waals surface area contributed by atoms with Crippen LogP contribution in [0.25, 0.3) is 0 Å². The van der Waals surface area contributed by atoms with Crippen molar-refractivity contribution in [3.63, 3.8) is 0 Å². The van der Waals surface area contributed by atoms with Gasteiger partial charge in [0.1, 0.15) is 0 Å². The second kappa shape index (κ2) is 6.80. The minimum Gasteiger partial charge on any atom is -0.355 e. The van der Waals surface area contributed by atoms with Crippen LogP contribution in [0, 0.1) is 5.92 Å². The van der Waals surface area contributed by atoms with Crippen LogP contribution in [0.1, 0.15) is 32.6 Å². The molecule has 0 aromatic heterocycles. The molecule has 1 amide bonds. The minimum absolute atomic E-state index is 0.0520. The molecule has 15 heavy (non-hydrogen) atoms. The molecule has 0 bridgehead atoms. The third-order valence-electron chi connectivity index (χ3n) is 2.93. The fraction of sp³-hybridized carbons (Fsp3) is 0.909. The summed E-state index contributed by atoms with van der Waals surface area (Å²) in [5.41, 5.74) is 5.86. The van der Waals surface area contributed by atoms with E-state index >= 15 is 0 Å². The smallest absolute Gasteiger partial charge is 0.224 e. The number of hydrogen-bond donors (Lipinski definition) is 3. The first-order valence-corrected chi connectivity index (χ1v) is 5.99. The molecule has 1 saturated carbocycles. The highest BCUT2D eigenvalue weighted by molar-refractivity contribution is 5.79. The molecule has 0 spiro atoms. The standard InChI is InChI=1S/C11H23N3O/c1-2-6-13-7-8-14-11(15)9-4-3-5-10(9)12/h9-10,13H,2-8,12H2,1H3,(H,14,15). The van der Waals surface area contributed by atoms with Crippen molar-refractivity contribution in [1.29, 1.82) is 0 Å². The molecule has 4 nitrogen and oxygen atoms in total. The molecular weight excluding hydrogens is 190 g/mol. The summed E-state index contributed by atoms with van der Waals surface area (Å²) >= 11 is 0. The van der Waals surface area contributed by atoms with Crippen LogP contribution in [-0.2, 0) is 4.79 Å². The van der Waals surface area contributed by atoms with Gasteiger partial charge in [-0.25, -0.2) is 0 Å². The molecule has 2 unspecified atom stereocenters. The molecule has 0 aliphatic heterocycles. The normalized spacial score (nSPS) is 25.5. The van der Waals surface area contributed by atoms with Gasteiger partial charge in [-0.15, -0.1) is 0 Å². The van der Waals surface area contributed by atoms with Crippen molar-refractivity contribution in [2.45, 2.75) is 38.6 Å². The molecule has 88 valence electrons. The third kappa shape index (κ3) is 4.18. The zero-order valence-electron chi connectivity index (χ0n) is 9.59. The summed E-state index contributed by atoms with van der Waals surface area (Å²) in [6.45, 7) is 4.70. The van der Waals surface area contributed by atoms with Crippen LogP contribution in [0.15, 0.2) is 0 Å². The van der Waals surface area contributed by atoms with Crippen LogP contribution in [0.4, 0.5) is 0 Å². The second-order valence-electron chi connectivity index (χ2n) is 4.24. The number of carbonyl (C=O) groups excluding carboxylic acids is 1. The predicted molar refractivity (Wildman–Crippen MR) is 61.5 cm³/mol. The fourth-order valence-electron chi connectivity index (χ4n) is 2.02. The molecule has 1 rings (SSSR count). The molecule has 4 heteroatoms. The lowest BCUT2D eigenvalue weighted by Gasteiger charge is -2.15. The number of amides is 1. The molecular formula is C11H23N3O. The van der Waals surface area contributed by atoms with E-state index in [0.717, 1.165) is 38.8 Å². The van der Waals surface area contributed by atoms with Crippen molar-refractivity contribution < 1.29 is 4.79 Å². The molecule has 0 heterocycles.